The molecule has 0 aromatic rings. The van der Waals surface area contributed by atoms with Crippen LogP contribution in [0.25, 0.3) is 0 Å². The monoisotopic (exact) mass is 204 g/mol. The molecule has 15 heavy (non-hydrogen) atoms. The molecule has 0 atom stereocenters. The van der Waals surface area contributed by atoms with Crippen molar-refractivity contribution in [2.45, 2.75) is 0 Å². The van der Waals surface area contributed by atoms with Gasteiger partial charge in [0.25, 0.3) is 0 Å². The lowest BCUT2D eigenvalue weighted by atomic mass is 10.5. The van der Waals surface area contributed by atoms with Crippen molar-refractivity contribution < 1.29 is 0 Å². The molecule has 0 spiro atoms. The standard InChI is InChI=1S/C11H16N4/c1-12-5-6-13(2)10(12)9-11-14(3)7-8-15(11)4/h5-8H,1-4H3. The van der Waals surface area contributed by atoms with Crippen LogP contribution in [0.3, 0.4) is 0 Å². The van der Waals surface area contributed by atoms with E-state index < -0.39 is 0 Å². The molecule has 2 aliphatic rings. The van der Waals surface area contributed by atoms with Gasteiger partial charge in [0.05, 0.1) is 0 Å². The van der Waals surface area contributed by atoms with E-state index in [9.17, 15) is 0 Å². The van der Waals surface area contributed by atoms with E-state index in [1.807, 2.05) is 72.6 Å². The minimum atomic E-state index is 1.05. The van der Waals surface area contributed by atoms with Gasteiger partial charge in [0.1, 0.15) is 0 Å². The summed E-state index contributed by atoms with van der Waals surface area (Å²) in [5, 5.41) is 0. The van der Waals surface area contributed by atoms with Crippen LogP contribution in [-0.4, -0.2) is 47.8 Å². The molecule has 0 saturated carbocycles. The summed E-state index contributed by atoms with van der Waals surface area (Å²) in [6.45, 7) is 0. The quantitative estimate of drug-likeness (QED) is 0.545. The predicted octanol–water partition coefficient (Wildman–Crippen LogP) is 0.965. The molecule has 2 rings (SSSR count). The van der Waals surface area contributed by atoms with Crippen molar-refractivity contribution in [1.29, 1.82) is 0 Å². The van der Waals surface area contributed by atoms with Crippen LogP contribution < -0.4 is 0 Å². The summed E-state index contributed by atoms with van der Waals surface area (Å²) < 4.78 is 0. The molecule has 0 saturated heterocycles. The minimum absolute atomic E-state index is 1.05. The lowest BCUT2D eigenvalue weighted by molar-refractivity contribution is 0.424. The van der Waals surface area contributed by atoms with E-state index in [-0.39, 0.29) is 0 Å². The lowest BCUT2D eigenvalue weighted by Crippen LogP contribution is -2.19. The summed E-state index contributed by atoms with van der Waals surface area (Å²) in [6.07, 6.45) is 8.08. The van der Waals surface area contributed by atoms with Crippen LogP contribution in [0.5, 0.6) is 0 Å². The third kappa shape index (κ3) is 1.60. The fraction of sp³-hybridized carbons (Fsp3) is 0.364. The van der Waals surface area contributed by atoms with Crippen molar-refractivity contribution in [2.24, 2.45) is 0 Å². The first-order valence-electron chi connectivity index (χ1n) is 4.88. The topological polar surface area (TPSA) is 13.0 Å². The molecular formula is C11H16N4. The van der Waals surface area contributed by atoms with Gasteiger partial charge in [-0.2, -0.15) is 0 Å². The fourth-order valence-electron chi connectivity index (χ4n) is 1.63. The van der Waals surface area contributed by atoms with Crippen molar-refractivity contribution in [3.8, 4) is 0 Å². The van der Waals surface area contributed by atoms with Gasteiger partial charge in [-0.05, 0) is 5.73 Å². The zero-order chi connectivity index (χ0) is 11.0. The Labute approximate surface area is 90.7 Å². The van der Waals surface area contributed by atoms with Crippen LogP contribution in [-0.2, 0) is 0 Å². The second-order valence-electron chi connectivity index (χ2n) is 3.81. The highest BCUT2D eigenvalue weighted by Crippen LogP contribution is 2.18. The number of nitrogens with zero attached hydrogens (tertiary/aromatic N) is 4. The SMILES string of the molecule is CN1C=CN(C)C1=C=C1N(C)C=CN1C. The second-order valence-corrected chi connectivity index (χ2v) is 3.81. The lowest BCUT2D eigenvalue weighted by Gasteiger charge is -2.19. The van der Waals surface area contributed by atoms with E-state index in [2.05, 4.69) is 5.73 Å². The molecule has 0 N–H and O–H groups in total. The van der Waals surface area contributed by atoms with E-state index in [0.717, 1.165) is 11.6 Å². The fourth-order valence-corrected chi connectivity index (χ4v) is 1.63. The molecule has 0 amide bonds. The van der Waals surface area contributed by atoms with Gasteiger partial charge in [-0.1, -0.05) is 0 Å². The maximum atomic E-state index is 3.39. The van der Waals surface area contributed by atoms with E-state index in [1.54, 1.807) is 0 Å². The third-order valence-corrected chi connectivity index (χ3v) is 2.59. The van der Waals surface area contributed by atoms with E-state index in [0.29, 0.717) is 0 Å². The van der Waals surface area contributed by atoms with E-state index in [4.69, 9.17) is 0 Å². The van der Waals surface area contributed by atoms with Gasteiger partial charge in [-0.15, -0.1) is 0 Å². The Bertz CT molecular complexity index is 325. The Hall–Kier alpha value is -1.80. The summed E-state index contributed by atoms with van der Waals surface area (Å²) in [7, 11) is 8.08. The maximum absolute atomic E-state index is 3.39. The largest absolute Gasteiger partial charge is 0.329 e. The summed E-state index contributed by atoms with van der Waals surface area (Å²) in [5.41, 5.74) is 3.39. The Balaban J connectivity index is 2.40. The molecular weight excluding hydrogens is 188 g/mol. The van der Waals surface area contributed by atoms with Gasteiger partial charge in [-0.3, -0.25) is 0 Å². The first kappa shape index (κ1) is 9.74. The zero-order valence-corrected chi connectivity index (χ0v) is 9.60. The average Bonchev–Trinajstić information content (AvgIpc) is 2.67. The van der Waals surface area contributed by atoms with Gasteiger partial charge in [0.15, 0.2) is 11.6 Å². The van der Waals surface area contributed by atoms with Crippen LogP contribution in [0.2, 0.25) is 0 Å². The molecule has 0 bridgehead atoms. The van der Waals surface area contributed by atoms with Crippen LogP contribution in [0.15, 0.2) is 42.2 Å². The molecule has 4 heteroatoms. The highest BCUT2D eigenvalue weighted by molar-refractivity contribution is 5.19. The summed E-state index contributed by atoms with van der Waals surface area (Å²) in [6, 6.07) is 0. The molecule has 80 valence electrons. The Morgan fingerprint density at radius 3 is 1.20 bits per heavy atom. The average molecular weight is 204 g/mol. The van der Waals surface area contributed by atoms with Crippen LogP contribution in [0.1, 0.15) is 0 Å². The summed E-state index contributed by atoms with van der Waals surface area (Å²) >= 11 is 0. The minimum Gasteiger partial charge on any atom is -0.329 e. The predicted molar refractivity (Wildman–Crippen MR) is 59.9 cm³/mol. The molecule has 0 fully saturated rings. The Morgan fingerprint density at radius 2 is 0.933 bits per heavy atom. The van der Waals surface area contributed by atoms with Crippen LogP contribution >= 0.6 is 0 Å². The van der Waals surface area contributed by atoms with Gasteiger partial charge < -0.3 is 19.6 Å². The number of hydrogen-bond acceptors (Lipinski definition) is 4. The second kappa shape index (κ2) is 3.41. The van der Waals surface area contributed by atoms with Crippen molar-refractivity contribution in [3.63, 3.8) is 0 Å². The van der Waals surface area contributed by atoms with Crippen molar-refractivity contribution in [1.82, 2.24) is 19.6 Å². The molecule has 0 unspecified atom stereocenters. The molecule has 0 aromatic carbocycles. The molecule has 2 heterocycles. The van der Waals surface area contributed by atoms with Gasteiger partial charge in [-0.25, -0.2) is 0 Å². The molecule has 0 radical (unpaired) electrons. The summed E-state index contributed by atoms with van der Waals surface area (Å²) in [5.74, 6) is 2.10. The smallest absolute Gasteiger partial charge is 0.160 e. The molecule has 0 aromatic heterocycles. The zero-order valence-electron chi connectivity index (χ0n) is 9.60. The molecule has 0 aliphatic carbocycles. The molecule has 2 aliphatic heterocycles. The van der Waals surface area contributed by atoms with Gasteiger partial charge in [0, 0.05) is 53.0 Å². The first-order chi connectivity index (χ1) is 7.09. The van der Waals surface area contributed by atoms with Crippen LogP contribution in [0.4, 0.5) is 0 Å². The van der Waals surface area contributed by atoms with Gasteiger partial charge in [0.2, 0.25) is 0 Å². The first-order valence-corrected chi connectivity index (χ1v) is 4.88. The van der Waals surface area contributed by atoms with E-state index in [1.165, 1.54) is 0 Å². The van der Waals surface area contributed by atoms with E-state index >= 15 is 0 Å². The molecule has 4 nitrogen and oxygen atoms in total. The highest BCUT2D eigenvalue weighted by Gasteiger charge is 2.16. The Morgan fingerprint density at radius 1 is 0.667 bits per heavy atom. The highest BCUT2D eigenvalue weighted by atomic mass is 15.4. The van der Waals surface area contributed by atoms with Crippen molar-refractivity contribution in [2.75, 3.05) is 28.2 Å². The number of hydrogen-bond donors (Lipinski definition) is 0. The third-order valence-electron chi connectivity index (χ3n) is 2.59. The Kier molecular flexibility index (Phi) is 2.21. The van der Waals surface area contributed by atoms with Crippen LogP contribution in [0, 0.1) is 0 Å². The summed E-state index contributed by atoms with van der Waals surface area (Å²) in [4.78, 5) is 8.19. The van der Waals surface area contributed by atoms with Crippen molar-refractivity contribution >= 4 is 0 Å². The van der Waals surface area contributed by atoms with Gasteiger partial charge >= 0.3 is 0 Å². The normalized spacial score (nSPS) is 19.7. The number of rotatable bonds is 0. The van der Waals surface area contributed by atoms with Crippen molar-refractivity contribution in [3.05, 3.63) is 42.2 Å². The maximum Gasteiger partial charge on any atom is 0.160 e.